The summed E-state index contributed by atoms with van der Waals surface area (Å²) in [5, 5.41) is 0. The number of fused-ring (bicyclic) bond motifs is 1. The molecule has 11 heteroatoms. The largest absolute Gasteiger partial charge is 0.438 e. The molecule has 0 atom stereocenters. The molecule has 1 fully saturated rings. The number of benzene rings is 2. The first-order chi connectivity index (χ1) is 16.8. The fourth-order valence-electron chi connectivity index (χ4n) is 4.28. The average molecular weight is 505 g/mol. The lowest BCUT2D eigenvalue weighted by atomic mass is 10.1. The van der Waals surface area contributed by atoms with Gasteiger partial charge in [-0.1, -0.05) is 0 Å². The first-order valence-corrected chi connectivity index (χ1v) is 12.8. The lowest BCUT2D eigenvalue weighted by Gasteiger charge is -2.31. The number of halogens is 3. The minimum absolute atomic E-state index is 0.0312. The molecule has 0 bridgehead atoms. The third-order valence-corrected chi connectivity index (χ3v) is 8.03. The molecule has 0 amide bonds. The van der Waals surface area contributed by atoms with Crippen LogP contribution in [0.3, 0.4) is 0 Å². The molecule has 1 aromatic heterocycles. The molecular formula is C24H23F3N4O3S. The van der Waals surface area contributed by atoms with E-state index >= 15 is 0 Å². The van der Waals surface area contributed by atoms with Crippen molar-refractivity contribution in [2.45, 2.75) is 37.1 Å². The summed E-state index contributed by atoms with van der Waals surface area (Å²) in [4.78, 5) is 11.3. The van der Waals surface area contributed by atoms with Crippen LogP contribution in [0.2, 0.25) is 0 Å². The number of hydrogen-bond acceptors (Lipinski definition) is 6. The maximum atomic E-state index is 13.8. The van der Waals surface area contributed by atoms with E-state index in [0.717, 1.165) is 56.6 Å². The molecular weight excluding hydrogens is 481 g/mol. The molecule has 0 radical (unpaired) electrons. The van der Waals surface area contributed by atoms with Gasteiger partial charge in [-0.2, -0.15) is 9.29 Å². The van der Waals surface area contributed by atoms with Gasteiger partial charge in [-0.25, -0.2) is 26.6 Å². The zero-order valence-electron chi connectivity index (χ0n) is 18.8. The Morgan fingerprint density at radius 3 is 2.31 bits per heavy atom. The Kier molecular flexibility index (Phi) is 6.37. The topological polar surface area (TPSA) is 75.6 Å². The fraction of sp³-hybridized carbons (Fsp3) is 0.333. The van der Waals surface area contributed by atoms with Crippen molar-refractivity contribution >= 4 is 16.0 Å². The molecule has 184 valence electrons. The molecule has 7 nitrogen and oxygen atoms in total. The number of nitrogens with zero attached hydrogens (tertiary/aromatic N) is 4. The van der Waals surface area contributed by atoms with E-state index in [-0.39, 0.29) is 29.6 Å². The van der Waals surface area contributed by atoms with Crippen molar-refractivity contribution in [3.63, 3.8) is 0 Å². The second-order valence-corrected chi connectivity index (χ2v) is 10.5. The van der Waals surface area contributed by atoms with Gasteiger partial charge >= 0.3 is 0 Å². The third-order valence-electron chi connectivity index (χ3n) is 6.17. The van der Waals surface area contributed by atoms with Gasteiger partial charge in [-0.15, -0.1) is 0 Å². The van der Waals surface area contributed by atoms with E-state index in [2.05, 4.69) is 4.98 Å². The van der Waals surface area contributed by atoms with Crippen LogP contribution in [0.25, 0.3) is 0 Å². The highest BCUT2D eigenvalue weighted by atomic mass is 32.2. The van der Waals surface area contributed by atoms with Crippen molar-refractivity contribution < 1.29 is 26.3 Å². The van der Waals surface area contributed by atoms with Crippen LogP contribution in [-0.2, 0) is 23.0 Å². The lowest BCUT2D eigenvalue weighted by molar-refractivity contribution is 0.368. The van der Waals surface area contributed by atoms with Gasteiger partial charge in [0.2, 0.25) is 21.9 Å². The number of aromatic nitrogens is 2. The summed E-state index contributed by atoms with van der Waals surface area (Å²) in [6.45, 7) is 1.67. The molecule has 0 spiro atoms. The van der Waals surface area contributed by atoms with Crippen LogP contribution in [0.5, 0.6) is 11.6 Å². The predicted molar refractivity (Wildman–Crippen MR) is 122 cm³/mol. The Hall–Kier alpha value is -3.18. The highest BCUT2D eigenvalue weighted by Crippen LogP contribution is 2.34. The van der Waals surface area contributed by atoms with Gasteiger partial charge in [-0.05, 0) is 55.7 Å². The molecule has 2 aromatic carbocycles. The number of hydrogen-bond donors (Lipinski definition) is 0. The van der Waals surface area contributed by atoms with Gasteiger partial charge in [0.15, 0.2) is 11.6 Å². The molecule has 0 saturated carbocycles. The number of sulfonamides is 1. The highest BCUT2D eigenvalue weighted by Gasteiger charge is 2.32. The van der Waals surface area contributed by atoms with Crippen LogP contribution >= 0.6 is 0 Å². The average Bonchev–Trinajstić information content (AvgIpc) is 2.86. The lowest BCUT2D eigenvalue weighted by Crippen LogP contribution is -2.37. The first kappa shape index (κ1) is 23.6. The number of anilines is 1. The van der Waals surface area contributed by atoms with Crippen molar-refractivity contribution in [2.24, 2.45) is 0 Å². The van der Waals surface area contributed by atoms with Crippen molar-refractivity contribution in [3.05, 3.63) is 71.2 Å². The zero-order chi connectivity index (χ0) is 24.6. The molecule has 0 unspecified atom stereocenters. The van der Waals surface area contributed by atoms with Crippen molar-refractivity contribution in [3.8, 4) is 11.6 Å². The van der Waals surface area contributed by atoms with E-state index in [1.165, 1.54) is 22.5 Å². The Labute approximate surface area is 201 Å². The van der Waals surface area contributed by atoms with E-state index in [1.54, 1.807) is 0 Å². The second kappa shape index (κ2) is 9.46. The number of piperidine rings is 1. The van der Waals surface area contributed by atoms with Crippen molar-refractivity contribution in [1.29, 1.82) is 0 Å². The molecule has 5 rings (SSSR count). The third kappa shape index (κ3) is 4.83. The maximum Gasteiger partial charge on any atom is 0.243 e. The Bertz CT molecular complexity index is 1350. The molecule has 0 N–H and O–H groups in total. The predicted octanol–water partition coefficient (Wildman–Crippen LogP) is 4.42. The van der Waals surface area contributed by atoms with Crippen LogP contribution in [0.1, 0.15) is 30.5 Å². The minimum Gasteiger partial charge on any atom is -0.438 e. The Morgan fingerprint density at radius 1 is 0.857 bits per heavy atom. The summed E-state index contributed by atoms with van der Waals surface area (Å²) < 4.78 is 74.1. The summed E-state index contributed by atoms with van der Waals surface area (Å²) >= 11 is 0. The molecule has 1 saturated heterocycles. The molecule has 3 aromatic rings. The quantitative estimate of drug-likeness (QED) is 0.512. The van der Waals surface area contributed by atoms with Crippen LogP contribution < -0.4 is 9.64 Å². The van der Waals surface area contributed by atoms with Gasteiger partial charge < -0.3 is 9.64 Å². The summed E-state index contributed by atoms with van der Waals surface area (Å²) in [7, 11) is -3.92. The minimum atomic E-state index is -3.92. The van der Waals surface area contributed by atoms with Crippen molar-refractivity contribution in [1.82, 2.24) is 14.3 Å². The highest BCUT2D eigenvalue weighted by molar-refractivity contribution is 7.89. The van der Waals surface area contributed by atoms with Crippen LogP contribution in [0.15, 0.2) is 47.4 Å². The van der Waals surface area contributed by atoms with E-state index in [0.29, 0.717) is 23.6 Å². The molecule has 3 heterocycles. The Balaban J connectivity index is 1.52. The summed E-state index contributed by atoms with van der Waals surface area (Å²) in [5.74, 6) is -2.01. The fourth-order valence-corrected chi connectivity index (χ4v) is 5.69. The maximum absolute atomic E-state index is 13.8. The standard InChI is InChI=1S/C24H23F3N4O3S/c25-16-4-7-18(8-5-16)35(32,33)31-13-10-22-19(15-31)23(34-17-6-9-20(26)21(27)14-17)29-24(28-22)30-11-2-1-3-12-30/h4-9,14H,1-3,10-13,15H2. The van der Waals surface area contributed by atoms with Crippen LogP contribution in [-0.4, -0.2) is 42.3 Å². The molecule has 2 aliphatic heterocycles. The molecule has 35 heavy (non-hydrogen) atoms. The summed E-state index contributed by atoms with van der Waals surface area (Å²) in [5.41, 5.74) is 1.09. The normalized spacial score (nSPS) is 16.7. The number of rotatable bonds is 5. The van der Waals surface area contributed by atoms with Gasteiger partial charge in [0, 0.05) is 38.7 Å². The van der Waals surface area contributed by atoms with E-state index in [9.17, 15) is 21.6 Å². The van der Waals surface area contributed by atoms with E-state index in [1.807, 2.05) is 4.90 Å². The van der Waals surface area contributed by atoms with Gasteiger partial charge in [0.1, 0.15) is 11.6 Å². The SMILES string of the molecule is O=S(=O)(c1ccc(F)cc1)N1CCc2nc(N3CCCCC3)nc(Oc3ccc(F)c(F)c3)c2C1. The van der Waals surface area contributed by atoms with Gasteiger partial charge in [-0.3, -0.25) is 0 Å². The van der Waals surface area contributed by atoms with Crippen molar-refractivity contribution in [2.75, 3.05) is 24.5 Å². The van der Waals surface area contributed by atoms with E-state index < -0.39 is 27.5 Å². The Morgan fingerprint density at radius 2 is 1.60 bits per heavy atom. The van der Waals surface area contributed by atoms with E-state index in [4.69, 9.17) is 9.72 Å². The molecule has 2 aliphatic rings. The molecule has 0 aliphatic carbocycles. The van der Waals surface area contributed by atoms with Gasteiger partial charge in [0.05, 0.1) is 16.2 Å². The summed E-state index contributed by atoms with van der Waals surface area (Å²) in [6.07, 6.45) is 3.44. The van der Waals surface area contributed by atoms with Crippen LogP contribution in [0.4, 0.5) is 19.1 Å². The van der Waals surface area contributed by atoms with Gasteiger partial charge in [0.25, 0.3) is 0 Å². The summed E-state index contributed by atoms with van der Waals surface area (Å²) in [6, 6.07) is 7.77. The first-order valence-electron chi connectivity index (χ1n) is 11.3. The van der Waals surface area contributed by atoms with Crippen LogP contribution in [0, 0.1) is 17.5 Å². The monoisotopic (exact) mass is 504 g/mol. The smallest absolute Gasteiger partial charge is 0.243 e. The zero-order valence-corrected chi connectivity index (χ0v) is 19.6. The number of ether oxygens (including phenoxy) is 1. The second-order valence-electron chi connectivity index (χ2n) is 8.52.